The molecule has 0 spiro atoms. The molecule has 1 heterocycles. The number of methoxy groups -OCH3 is 1. The molecule has 0 bridgehead atoms. The molecule has 0 amide bonds. The van der Waals surface area contributed by atoms with E-state index in [-0.39, 0.29) is 11.7 Å². The summed E-state index contributed by atoms with van der Waals surface area (Å²) in [7, 11) is 1.24. The van der Waals surface area contributed by atoms with Crippen LogP contribution >= 0.6 is 0 Å². The Bertz CT molecular complexity index is 737. The second kappa shape index (κ2) is 5.88. The molecule has 106 valence electrons. The molecule has 7 nitrogen and oxygen atoms in total. The molecule has 7 heteroatoms. The second-order valence-corrected chi connectivity index (χ2v) is 4.13. The van der Waals surface area contributed by atoms with Crippen LogP contribution in [-0.4, -0.2) is 23.0 Å². The highest BCUT2D eigenvalue weighted by Gasteiger charge is 2.13. The first kappa shape index (κ1) is 14.3. The molecular formula is C14H12N4O3. The minimum atomic E-state index is -0.656. The molecule has 0 aliphatic carbocycles. The molecule has 1 aromatic heterocycles. The largest absolute Gasteiger partial charge is 0.463 e. The Morgan fingerprint density at radius 3 is 2.71 bits per heavy atom. The van der Waals surface area contributed by atoms with Crippen LogP contribution in [-0.2, 0) is 4.74 Å². The van der Waals surface area contributed by atoms with Crippen molar-refractivity contribution in [3.8, 4) is 17.7 Å². The summed E-state index contributed by atoms with van der Waals surface area (Å²) < 4.78 is 10.1. The third-order valence-electron chi connectivity index (χ3n) is 2.55. The molecule has 0 unspecified atom stereocenters. The summed E-state index contributed by atoms with van der Waals surface area (Å²) in [5.74, 6) is -0.252. The van der Waals surface area contributed by atoms with E-state index in [4.69, 9.17) is 15.7 Å². The normalized spacial score (nSPS) is 9.76. The Morgan fingerprint density at radius 2 is 2.10 bits per heavy atom. The fourth-order valence-corrected chi connectivity index (χ4v) is 1.60. The summed E-state index contributed by atoms with van der Waals surface area (Å²) >= 11 is 0. The third kappa shape index (κ3) is 3.25. The minimum Gasteiger partial charge on any atom is -0.463 e. The number of aryl methyl sites for hydroxylation is 1. The van der Waals surface area contributed by atoms with Gasteiger partial charge in [0.2, 0.25) is 11.7 Å². The fraction of sp³-hybridized carbons (Fsp3) is 0.143. The van der Waals surface area contributed by atoms with E-state index < -0.39 is 5.97 Å². The molecule has 21 heavy (non-hydrogen) atoms. The van der Waals surface area contributed by atoms with Gasteiger partial charge in [-0.3, -0.25) is 0 Å². The molecule has 0 fully saturated rings. The van der Waals surface area contributed by atoms with Gasteiger partial charge in [0.15, 0.2) is 5.75 Å². The number of nitrogens with two attached hydrogens (primary N) is 1. The first-order valence-corrected chi connectivity index (χ1v) is 5.95. The van der Waals surface area contributed by atoms with Crippen LogP contribution in [0.2, 0.25) is 0 Å². The Kier molecular flexibility index (Phi) is 4.00. The maximum Gasteiger partial charge on any atom is 0.376 e. The van der Waals surface area contributed by atoms with Gasteiger partial charge in [-0.2, -0.15) is 10.2 Å². The van der Waals surface area contributed by atoms with Crippen molar-refractivity contribution in [2.75, 3.05) is 12.8 Å². The van der Waals surface area contributed by atoms with Crippen LogP contribution < -0.4 is 10.5 Å². The zero-order valence-corrected chi connectivity index (χ0v) is 11.5. The fourth-order valence-electron chi connectivity index (χ4n) is 1.60. The lowest BCUT2D eigenvalue weighted by molar-refractivity contribution is 0.0585. The van der Waals surface area contributed by atoms with Gasteiger partial charge >= 0.3 is 5.97 Å². The lowest BCUT2D eigenvalue weighted by atomic mass is 10.2. The van der Waals surface area contributed by atoms with Gasteiger partial charge < -0.3 is 15.2 Å². The molecule has 0 radical (unpaired) electrons. The summed E-state index contributed by atoms with van der Waals surface area (Å²) in [5, 5.41) is 8.79. The van der Waals surface area contributed by atoms with Gasteiger partial charge in [0.1, 0.15) is 0 Å². The van der Waals surface area contributed by atoms with Gasteiger partial charge in [0.05, 0.1) is 24.4 Å². The zero-order valence-electron chi connectivity index (χ0n) is 11.5. The van der Waals surface area contributed by atoms with E-state index in [1.165, 1.54) is 13.2 Å². The first-order chi connectivity index (χ1) is 10.0. The number of nitriles is 1. The van der Waals surface area contributed by atoms with Crippen molar-refractivity contribution in [3.05, 3.63) is 41.3 Å². The van der Waals surface area contributed by atoms with E-state index >= 15 is 0 Å². The van der Waals surface area contributed by atoms with Crippen LogP contribution in [0.4, 0.5) is 5.69 Å². The standard InChI is InChI=1S/C14H12N4O3/c1-8-5-12(18-13(17-8)14(19)20-2)21-11-4-3-9(7-15)6-10(11)16/h3-6H,16H2,1-2H3. The van der Waals surface area contributed by atoms with Crippen LogP contribution in [0.1, 0.15) is 21.9 Å². The number of rotatable bonds is 3. The van der Waals surface area contributed by atoms with Crippen LogP contribution in [0.3, 0.4) is 0 Å². The number of ether oxygens (including phenoxy) is 2. The van der Waals surface area contributed by atoms with Gasteiger partial charge in [0.25, 0.3) is 0 Å². The molecule has 0 saturated carbocycles. The van der Waals surface area contributed by atoms with Gasteiger partial charge in [0, 0.05) is 11.8 Å². The summed E-state index contributed by atoms with van der Waals surface area (Å²) in [5.41, 5.74) is 7.07. The van der Waals surface area contributed by atoms with Crippen molar-refractivity contribution in [2.45, 2.75) is 6.92 Å². The lowest BCUT2D eigenvalue weighted by Gasteiger charge is -2.09. The summed E-state index contributed by atoms with van der Waals surface area (Å²) in [4.78, 5) is 19.4. The highest BCUT2D eigenvalue weighted by Crippen LogP contribution is 2.27. The van der Waals surface area contributed by atoms with Gasteiger partial charge in [-0.1, -0.05) is 0 Å². The van der Waals surface area contributed by atoms with Gasteiger partial charge in [-0.25, -0.2) is 9.78 Å². The van der Waals surface area contributed by atoms with Crippen molar-refractivity contribution in [1.29, 1.82) is 5.26 Å². The van der Waals surface area contributed by atoms with E-state index in [0.29, 0.717) is 22.7 Å². The number of carbonyl (C=O) groups excluding carboxylic acids is 1. The maximum absolute atomic E-state index is 11.5. The van der Waals surface area contributed by atoms with Crippen molar-refractivity contribution >= 4 is 11.7 Å². The van der Waals surface area contributed by atoms with E-state index in [2.05, 4.69) is 14.7 Å². The van der Waals surface area contributed by atoms with Gasteiger partial charge in [-0.15, -0.1) is 0 Å². The second-order valence-electron chi connectivity index (χ2n) is 4.13. The van der Waals surface area contributed by atoms with Crippen molar-refractivity contribution in [1.82, 2.24) is 9.97 Å². The Balaban J connectivity index is 2.34. The minimum absolute atomic E-state index is 0.0975. The topological polar surface area (TPSA) is 111 Å². The molecule has 0 atom stereocenters. The Morgan fingerprint density at radius 1 is 1.33 bits per heavy atom. The highest BCUT2D eigenvalue weighted by atomic mass is 16.5. The first-order valence-electron chi connectivity index (χ1n) is 5.95. The number of hydrogen-bond donors (Lipinski definition) is 1. The molecule has 2 rings (SSSR count). The number of hydrogen-bond acceptors (Lipinski definition) is 7. The molecule has 0 aliphatic heterocycles. The number of nitrogen functional groups attached to an aromatic ring is 1. The smallest absolute Gasteiger partial charge is 0.376 e. The summed E-state index contributed by atoms with van der Waals surface area (Å²) in [6, 6.07) is 8.16. The number of esters is 1. The van der Waals surface area contributed by atoms with Gasteiger partial charge in [-0.05, 0) is 25.1 Å². The van der Waals surface area contributed by atoms with Crippen molar-refractivity contribution in [2.24, 2.45) is 0 Å². The van der Waals surface area contributed by atoms with Crippen LogP contribution in [0, 0.1) is 18.3 Å². The molecule has 2 N–H and O–H groups in total. The average Bonchev–Trinajstić information content (AvgIpc) is 2.47. The summed E-state index contributed by atoms with van der Waals surface area (Å²) in [6.07, 6.45) is 0. The van der Waals surface area contributed by atoms with E-state index in [9.17, 15) is 4.79 Å². The Hall–Kier alpha value is -3.14. The lowest BCUT2D eigenvalue weighted by Crippen LogP contribution is -2.09. The molecule has 0 saturated heterocycles. The van der Waals surface area contributed by atoms with Crippen LogP contribution in [0.25, 0.3) is 0 Å². The Labute approximate surface area is 121 Å². The zero-order chi connectivity index (χ0) is 15.4. The number of benzene rings is 1. The SMILES string of the molecule is COC(=O)c1nc(C)cc(Oc2ccc(C#N)cc2N)n1. The molecule has 2 aromatic rings. The van der Waals surface area contributed by atoms with E-state index in [1.807, 2.05) is 6.07 Å². The summed E-state index contributed by atoms with van der Waals surface area (Å²) in [6.45, 7) is 1.70. The van der Waals surface area contributed by atoms with Crippen molar-refractivity contribution < 1.29 is 14.3 Å². The van der Waals surface area contributed by atoms with Crippen LogP contribution in [0.5, 0.6) is 11.6 Å². The number of nitrogens with zero attached hydrogens (tertiary/aromatic N) is 3. The van der Waals surface area contributed by atoms with Crippen LogP contribution in [0.15, 0.2) is 24.3 Å². The average molecular weight is 284 g/mol. The highest BCUT2D eigenvalue weighted by molar-refractivity contribution is 5.85. The van der Waals surface area contributed by atoms with Crippen molar-refractivity contribution in [3.63, 3.8) is 0 Å². The molecule has 0 aliphatic rings. The number of aromatic nitrogens is 2. The quantitative estimate of drug-likeness (QED) is 0.675. The molecular weight excluding hydrogens is 272 g/mol. The maximum atomic E-state index is 11.5. The van der Waals surface area contributed by atoms with E-state index in [1.54, 1.807) is 25.1 Å². The number of carbonyl (C=O) groups is 1. The monoisotopic (exact) mass is 284 g/mol. The predicted octanol–water partition coefficient (Wildman–Crippen LogP) is 1.82. The number of anilines is 1. The molecule has 1 aromatic carbocycles. The predicted molar refractivity (Wildman–Crippen MR) is 73.8 cm³/mol. The van der Waals surface area contributed by atoms with E-state index in [0.717, 1.165) is 0 Å². The third-order valence-corrected chi connectivity index (χ3v) is 2.55.